The largest absolute Gasteiger partial charge is 0.484 e. The fourth-order valence-electron chi connectivity index (χ4n) is 1.30. The number of nitrogens with one attached hydrogen (secondary N) is 1. The van der Waals surface area contributed by atoms with Crippen LogP contribution in [0.4, 0.5) is 0 Å². The van der Waals surface area contributed by atoms with Crippen molar-refractivity contribution in [3.8, 4) is 5.75 Å². The van der Waals surface area contributed by atoms with Crippen LogP contribution in [0.3, 0.4) is 0 Å². The molecule has 0 radical (unpaired) electrons. The molecule has 0 unspecified atom stereocenters. The summed E-state index contributed by atoms with van der Waals surface area (Å²) in [7, 11) is 0. The first kappa shape index (κ1) is 15.5. The van der Waals surface area contributed by atoms with Crippen molar-refractivity contribution in [2.75, 3.05) is 13.2 Å². The maximum Gasteiger partial charge on any atom is 0.326 e. The molecule has 0 saturated carbocycles. The Kier molecular flexibility index (Phi) is 6.31. The molecule has 1 aromatic rings. The molecule has 0 heterocycles. The Bertz CT molecular complexity index is 434. The highest BCUT2D eigenvalue weighted by Crippen LogP contribution is 2.15. The second kappa shape index (κ2) is 7.75. The van der Waals surface area contributed by atoms with E-state index in [9.17, 15) is 9.59 Å². The first-order chi connectivity index (χ1) is 9.02. The Labute approximate surface area is 118 Å². The molecular formula is C12H14BrNO5. The number of carboxylic acid groups (broad SMARTS) is 1. The molecule has 7 heteroatoms. The molecule has 6 nitrogen and oxygen atoms in total. The number of carboxylic acids is 1. The van der Waals surface area contributed by atoms with E-state index in [1.807, 2.05) is 0 Å². The van der Waals surface area contributed by atoms with Gasteiger partial charge >= 0.3 is 5.97 Å². The molecule has 0 spiro atoms. The normalized spacial score (nSPS) is 11.7. The third-order valence-electron chi connectivity index (χ3n) is 2.23. The van der Waals surface area contributed by atoms with E-state index in [1.54, 1.807) is 24.3 Å². The zero-order chi connectivity index (χ0) is 14.3. The molecule has 0 aliphatic rings. The number of carbonyl (C=O) groups is 2. The molecule has 1 aromatic carbocycles. The minimum absolute atomic E-state index is 0.0423. The van der Waals surface area contributed by atoms with Crippen LogP contribution in [-0.4, -0.2) is 41.3 Å². The smallest absolute Gasteiger partial charge is 0.326 e. The van der Waals surface area contributed by atoms with Crippen LogP contribution in [-0.2, 0) is 9.59 Å². The molecule has 1 rings (SSSR count). The summed E-state index contributed by atoms with van der Waals surface area (Å²) >= 11 is 3.27. The zero-order valence-electron chi connectivity index (χ0n) is 10.0. The summed E-state index contributed by atoms with van der Waals surface area (Å²) in [6.07, 6.45) is -0.0423. The highest BCUT2D eigenvalue weighted by molar-refractivity contribution is 9.10. The summed E-state index contributed by atoms with van der Waals surface area (Å²) in [6, 6.07) is 5.78. The van der Waals surface area contributed by atoms with Gasteiger partial charge in [0.15, 0.2) is 6.61 Å². The summed E-state index contributed by atoms with van der Waals surface area (Å²) in [6.45, 7) is -0.596. The summed E-state index contributed by atoms with van der Waals surface area (Å²) in [4.78, 5) is 22.2. The van der Waals surface area contributed by atoms with Gasteiger partial charge in [0.2, 0.25) is 0 Å². The van der Waals surface area contributed by atoms with Gasteiger partial charge in [-0.05, 0) is 24.3 Å². The van der Waals surface area contributed by atoms with Gasteiger partial charge in [-0.2, -0.15) is 0 Å². The predicted molar refractivity (Wildman–Crippen MR) is 70.9 cm³/mol. The summed E-state index contributed by atoms with van der Waals surface area (Å²) in [5.74, 6) is -1.23. The highest BCUT2D eigenvalue weighted by Gasteiger charge is 2.19. The van der Waals surface area contributed by atoms with E-state index in [0.29, 0.717) is 5.75 Å². The maximum absolute atomic E-state index is 11.5. The Morgan fingerprint density at radius 3 is 2.47 bits per heavy atom. The molecule has 19 heavy (non-hydrogen) atoms. The minimum Gasteiger partial charge on any atom is -0.484 e. The minimum atomic E-state index is -1.19. The third-order valence-corrected chi connectivity index (χ3v) is 2.76. The number of benzene rings is 1. The van der Waals surface area contributed by atoms with Gasteiger partial charge in [-0.15, -0.1) is 0 Å². The standard InChI is InChI=1S/C12H14BrNO5/c13-8-1-3-9(4-2-8)19-7-11(16)14-10(5-6-15)12(17)18/h1-4,10,15H,5-7H2,(H,14,16)(H,17,18)/t10-/m1/s1. The lowest BCUT2D eigenvalue weighted by Crippen LogP contribution is -2.43. The van der Waals surface area contributed by atoms with Crippen molar-refractivity contribution in [1.82, 2.24) is 5.32 Å². The lowest BCUT2D eigenvalue weighted by molar-refractivity contribution is -0.142. The lowest BCUT2D eigenvalue weighted by Gasteiger charge is -2.13. The Morgan fingerprint density at radius 2 is 1.95 bits per heavy atom. The van der Waals surface area contributed by atoms with Crippen LogP contribution in [0.15, 0.2) is 28.7 Å². The van der Waals surface area contributed by atoms with Gasteiger partial charge in [0.1, 0.15) is 11.8 Å². The van der Waals surface area contributed by atoms with Gasteiger partial charge in [0.25, 0.3) is 5.91 Å². The van der Waals surface area contributed by atoms with Gasteiger partial charge in [0.05, 0.1) is 0 Å². The summed E-state index contributed by atoms with van der Waals surface area (Å²) in [5, 5.41) is 19.7. The van der Waals surface area contributed by atoms with Crippen molar-refractivity contribution in [2.24, 2.45) is 0 Å². The number of rotatable bonds is 7. The number of aliphatic hydroxyl groups excluding tert-OH is 1. The van der Waals surface area contributed by atoms with Crippen LogP contribution < -0.4 is 10.1 Å². The van der Waals surface area contributed by atoms with Crippen molar-refractivity contribution in [1.29, 1.82) is 0 Å². The third kappa shape index (κ3) is 5.71. The van der Waals surface area contributed by atoms with Crippen molar-refractivity contribution in [3.05, 3.63) is 28.7 Å². The molecule has 1 atom stereocenters. The van der Waals surface area contributed by atoms with Crippen molar-refractivity contribution in [3.63, 3.8) is 0 Å². The van der Waals surface area contributed by atoms with Gasteiger partial charge in [-0.1, -0.05) is 15.9 Å². The van der Waals surface area contributed by atoms with Crippen LogP contribution in [0, 0.1) is 0 Å². The van der Waals surface area contributed by atoms with Crippen LogP contribution in [0.25, 0.3) is 0 Å². The zero-order valence-corrected chi connectivity index (χ0v) is 11.6. The number of aliphatic carboxylic acids is 1. The van der Waals surface area contributed by atoms with Crippen molar-refractivity contribution in [2.45, 2.75) is 12.5 Å². The first-order valence-corrected chi connectivity index (χ1v) is 6.33. The Hall–Kier alpha value is -1.60. The highest BCUT2D eigenvalue weighted by atomic mass is 79.9. The number of hydrogen-bond donors (Lipinski definition) is 3. The van der Waals surface area contributed by atoms with E-state index in [-0.39, 0.29) is 19.6 Å². The van der Waals surface area contributed by atoms with E-state index < -0.39 is 17.9 Å². The second-order valence-corrected chi connectivity index (χ2v) is 4.63. The Morgan fingerprint density at radius 1 is 1.32 bits per heavy atom. The molecule has 0 bridgehead atoms. The van der Waals surface area contributed by atoms with E-state index in [2.05, 4.69) is 21.2 Å². The molecule has 0 saturated heterocycles. The van der Waals surface area contributed by atoms with E-state index in [1.165, 1.54) is 0 Å². The number of amides is 1. The van der Waals surface area contributed by atoms with E-state index in [0.717, 1.165) is 4.47 Å². The Balaban J connectivity index is 2.42. The van der Waals surface area contributed by atoms with Crippen LogP contribution >= 0.6 is 15.9 Å². The van der Waals surface area contributed by atoms with Gasteiger partial charge in [-0.3, -0.25) is 4.79 Å². The molecule has 0 aliphatic heterocycles. The fourth-order valence-corrected chi connectivity index (χ4v) is 1.57. The predicted octanol–water partition coefficient (Wildman–Crippen LogP) is 0.780. The van der Waals surface area contributed by atoms with Gasteiger partial charge < -0.3 is 20.3 Å². The average Bonchev–Trinajstić information content (AvgIpc) is 2.37. The topological polar surface area (TPSA) is 95.9 Å². The van der Waals surface area contributed by atoms with Crippen molar-refractivity contribution >= 4 is 27.8 Å². The lowest BCUT2D eigenvalue weighted by atomic mass is 10.2. The van der Waals surface area contributed by atoms with Crippen molar-refractivity contribution < 1.29 is 24.5 Å². The molecule has 0 aromatic heterocycles. The molecule has 1 amide bonds. The maximum atomic E-state index is 11.5. The number of aliphatic hydroxyl groups is 1. The molecule has 0 aliphatic carbocycles. The van der Waals surface area contributed by atoms with Crippen LogP contribution in [0.2, 0.25) is 0 Å². The first-order valence-electron chi connectivity index (χ1n) is 5.54. The van der Waals surface area contributed by atoms with Gasteiger partial charge in [-0.25, -0.2) is 4.79 Å². The molecule has 0 fully saturated rings. The SMILES string of the molecule is O=C(COc1ccc(Br)cc1)N[C@H](CCO)C(=O)O. The van der Waals surface area contributed by atoms with Gasteiger partial charge in [0, 0.05) is 17.5 Å². The molecule has 104 valence electrons. The molecule has 3 N–H and O–H groups in total. The number of halogens is 1. The molecular weight excluding hydrogens is 318 g/mol. The summed E-state index contributed by atoms with van der Waals surface area (Å²) in [5.41, 5.74) is 0. The van der Waals surface area contributed by atoms with Crippen LogP contribution in [0.1, 0.15) is 6.42 Å². The number of hydrogen-bond acceptors (Lipinski definition) is 4. The average molecular weight is 332 g/mol. The quantitative estimate of drug-likeness (QED) is 0.686. The van der Waals surface area contributed by atoms with E-state index >= 15 is 0 Å². The number of ether oxygens (including phenoxy) is 1. The summed E-state index contributed by atoms with van der Waals surface area (Å²) < 4.78 is 6.08. The van der Waals surface area contributed by atoms with Crippen LogP contribution in [0.5, 0.6) is 5.75 Å². The second-order valence-electron chi connectivity index (χ2n) is 3.71. The van der Waals surface area contributed by atoms with E-state index in [4.69, 9.17) is 14.9 Å². The number of carbonyl (C=O) groups excluding carboxylic acids is 1. The fraction of sp³-hybridized carbons (Fsp3) is 0.333. The monoisotopic (exact) mass is 331 g/mol.